The van der Waals surface area contributed by atoms with Gasteiger partial charge in [-0.1, -0.05) is 253 Å². The topological polar surface area (TPSA) is 78.9 Å². The quantitative estimate of drug-likeness (QED) is 0.0345. The summed E-state index contributed by atoms with van der Waals surface area (Å²) >= 11 is 0. The highest BCUT2D eigenvalue weighted by Gasteiger charge is 2.19. The van der Waals surface area contributed by atoms with Crippen molar-refractivity contribution in [2.75, 3.05) is 13.2 Å². The molecule has 6 nitrogen and oxygen atoms in total. The lowest BCUT2D eigenvalue weighted by atomic mass is 9.99. The number of hydrogen-bond donors (Lipinski definition) is 0. The van der Waals surface area contributed by atoms with Crippen LogP contribution in [-0.4, -0.2) is 37.2 Å². The monoisotopic (exact) mass is 849 g/mol. The molecule has 0 amide bonds. The number of rotatable bonds is 47. The molecule has 0 saturated heterocycles. The number of esters is 3. The number of carbonyl (C=O) groups is 3. The fraction of sp³-hybridized carbons (Fsp3) is 0.944. The molecule has 0 aliphatic carbocycles. The zero-order valence-electron chi connectivity index (χ0n) is 41.3. The van der Waals surface area contributed by atoms with Gasteiger partial charge < -0.3 is 14.2 Å². The summed E-state index contributed by atoms with van der Waals surface area (Å²) in [5.74, 6) is 1.65. The highest BCUT2D eigenvalue weighted by Crippen LogP contribution is 2.18. The molecule has 0 heterocycles. The molecule has 0 aromatic rings. The van der Waals surface area contributed by atoms with E-state index < -0.39 is 6.10 Å². The number of carbonyl (C=O) groups excluding carboxylic acids is 3. The zero-order valence-corrected chi connectivity index (χ0v) is 41.3. The van der Waals surface area contributed by atoms with Crippen LogP contribution in [0.15, 0.2) is 0 Å². The van der Waals surface area contributed by atoms with Crippen LogP contribution in [0.5, 0.6) is 0 Å². The Morgan fingerprint density at radius 2 is 0.583 bits per heavy atom. The highest BCUT2D eigenvalue weighted by molar-refractivity contribution is 5.71. The first kappa shape index (κ1) is 58.4. The van der Waals surface area contributed by atoms with E-state index in [2.05, 4.69) is 41.5 Å². The SMILES string of the molecule is CCC(C)CCCCCCCCCCCCCCCCC(=O)O[C@@H](COC(=O)CCCCCCCCCCCCCC(C)C)COC(=O)CCCCCCCCCC(C)C. The summed E-state index contributed by atoms with van der Waals surface area (Å²) in [4.78, 5) is 37.9. The van der Waals surface area contributed by atoms with Gasteiger partial charge in [0.05, 0.1) is 0 Å². The lowest BCUT2D eigenvalue weighted by Gasteiger charge is -2.18. The standard InChI is InChI=1S/C54H104O6/c1-7-50(6)42-36-30-24-18-14-10-8-9-11-15-20-26-33-39-45-54(57)60-51(47-59-53(56)44-38-32-27-21-23-29-35-41-49(4)5)46-58-52(55)43-37-31-25-19-16-12-13-17-22-28-34-40-48(2)3/h48-51H,7-47H2,1-6H3/t50?,51-/m0/s1. The maximum absolute atomic E-state index is 12.8. The van der Waals surface area contributed by atoms with Crippen LogP contribution in [0.1, 0.15) is 292 Å². The van der Waals surface area contributed by atoms with E-state index in [1.807, 2.05) is 0 Å². The molecule has 0 rings (SSSR count). The maximum Gasteiger partial charge on any atom is 0.306 e. The number of ether oxygens (including phenoxy) is 3. The van der Waals surface area contributed by atoms with Gasteiger partial charge in [-0.05, 0) is 37.0 Å². The Balaban J connectivity index is 4.28. The second-order valence-corrected chi connectivity index (χ2v) is 19.7. The molecule has 0 N–H and O–H groups in total. The Labute approximate surface area is 374 Å². The van der Waals surface area contributed by atoms with Crippen LogP contribution in [0.3, 0.4) is 0 Å². The van der Waals surface area contributed by atoms with Crippen molar-refractivity contribution in [1.29, 1.82) is 0 Å². The van der Waals surface area contributed by atoms with Crippen LogP contribution in [0, 0.1) is 17.8 Å². The summed E-state index contributed by atoms with van der Waals surface area (Å²) in [6, 6.07) is 0. The molecular weight excluding hydrogens is 745 g/mol. The first-order valence-electron chi connectivity index (χ1n) is 26.6. The van der Waals surface area contributed by atoms with Crippen LogP contribution in [0.2, 0.25) is 0 Å². The minimum absolute atomic E-state index is 0.0650. The Morgan fingerprint density at radius 3 is 0.867 bits per heavy atom. The van der Waals surface area contributed by atoms with E-state index in [0.29, 0.717) is 19.3 Å². The third-order valence-corrected chi connectivity index (χ3v) is 12.5. The first-order valence-corrected chi connectivity index (χ1v) is 26.6. The minimum Gasteiger partial charge on any atom is -0.462 e. The molecule has 0 aromatic heterocycles. The molecule has 0 aliphatic heterocycles. The van der Waals surface area contributed by atoms with Crippen molar-refractivity contribution in [3.63, 3.8) is 0 Å². The van der Waals surface area contributed by atoms with Crippen LogP contribution in [-0.2, 0) is 28.6 Å². The van der Waals surface area contributed by atoms with Crippen molar-refractivity contribution in [1.82, 2.24) is 0 Å². The molecular formula is C54H104O6. The molecule has 60 heavy (non-hydrogen) atoms. The van der Waals surface area contributed by atoms with E-state index >= 15 is 0 Å². The molecule has 0 bridgehead atoms. The molecule has 1 unspecified atom stereocenters. The van der Waals surface area contributed by atoms with Gasteiger partial charge >= 0.3 is 17.9 Å². The molecule has 0 radical (unpaired) electrons. The van der Waals surface area contributed by atoms with Crippen molar-refractivity contribution in [2.45, 2.75) is 298 Å². The molecule has 2 atom stereocenters. The lowest BCUT2D eigenvalue weighted by molar-refractivity contribution is -0.167. The van der Waals surface area contributed by atoms with E-state index in [4.69, 9.17) is 14.2 Å². The fourth-order valence-corrected chi connectivity index (χ4v) is 8.08. The van der Waals surface area contributed by atoms with Crippen molar-refractivity contribution in [3.8, 4) is 0 Å². The Bertz CT molecular complexity index is 931. The van der Waals surface area contributed by atoms with Gasteiger partial charge in [0.2, 0.25) is 0 Å². The van der Waals surface area contributed by atoms with E-state index in [1.165, 1.54) is 173 Å². The lowest BCUT2D eigenvalue weighted by Crippen LogP contribution is -2.30. The van der Waals surface area contributed by atoms with Gasteiger partial charge in [-0.15, -0.1) is 0 Å². The van der Waals surface area contributed by atoms with Crippen LogP contribution in [0.4, 0.5) is 0 Å². The van der Waals surface area contributed by atoms with Crippen molar-refractivity contribution in [3.05, 3.63) is 0 Å². The van der Waals surface area contributed by atoms with Gasteiger partial charge in [0, 0.05) is 19.3 Å². The van der Waals surface area contributed by atoms with Crippen molar-refractivity contribution < 1.29 is 28.6 Å². The van der Waals surface area contributed by atoms with E-state index in [-0.39, 0.29) is 31.1 Å². The molecule has 0 aromatic carbocycles. The Morgan fingerprint density at radius 1 is 0.333 bits per heavy atom. The van der Waals surface area contributed by atoms with Gasteiger partial charge in [-0.3, -0.25) is 14.4 Å². The van der Waals surface area contributed by atoms with E-state index in [0.717, 1.165) is 75.5 Å². The molecule has 6 heteroatoms. The van der Waals surface area contributed by atoms with E-state index in [9.17, 15) is 14.4 Å². The largest absolute Gasteiger partial charge is 0.462 e. The highest BCUT2D eigenvalue weighted by atomic mass is 16.6. The molecule has 0 saturated carbocycles. The average molecular weight is 849 g/mol. The molecule has 0 spiro atoms. The zero-order chi connectivity index (χ0) is 44.2. The van der Waals surface area contributed by atoms with Gasteiger partial charge in [0.15, 0.2) is 6.10 Å². The molecule has 0 fully saturated rings. The predicted molar refractivity (Wildman–Crippen MR) is 256 cm³/mol. The number of unbranched alkanes of at least 4 members (excludes halogenated alkanes) is 29. The van der Waals surface area contributed by atoms with Crippen LogP contribution < -0.4 is 0 Å². The van der Waals surface area contributed by atoms with Gasteiger partial charge in [-0.2, -0.15) is 0 Å². The normalized spacial score (nSPS) is 12.6. The summed E-state index contributed by atoms with van der Waals surface area (Å²) in [7, 11) is 0. The minimum atomic E-state index is -0.763. The second-order valence-electron chi connectivity index (χ2n) is 19.7. The first-order chi connectivity index (χ1) is 29.1. The van der Waals surface area contributed by atoms with Gasteiger partial charge in [0.1, 0.15) is 13.2 Å². The summed E-state index contributed by atoms with van der Waals surface area (Å²) in [6.45, 7) is 13.7. The van der Waals surface area contributed by atoms with Gasteiger partial charge in [-0.25, -0.2) is 0 Å². The van der Waals surface area contributed by atoms with Crippen molar-refractivity contribution >= 4 is 17.9 Å². The molecule has 0 aliphatic rings. The second kappa shape index (κ2) is 45.4. The summed E-state index contributed by atoms with van der Waals surface area (Å²) in [6.07, 6.45) is 45.2. The average Bonchev–Trinajstić information content (AvgIpc) is 3.22. The Hall–Kier alpha value is -1.59. The smallest absolute Gasteiger partial charge is 0.306 e. The van der Waals surface area contributed by atoms with Crippen LogP contribution in [0.25, 0.3) is 0 Å². The summed E-state index contributed by atoms with van der Waals surface area (Å²) in [5, 5.41) is 0. The van der Waals surface area contributed by atoms with Crippen molar-refractivity contribution in [2.24, 2.45) is 17.8 Å². The molecule has 356 valence electrons. The summed E-state index contributed by atoms with van der Waals surface area (Å²) < 4.78 is 16.8. The Kier molecular flexibility index (Phi) is 44.2. The van der Waals surface area contributed by atoms with Gasteiger partial charge in [0.25, 0.3) is 0 Å². The van der Waals surface area contributed by atoms with Crippen LogP contribution >= 0.6 is 0 Å². The maximum atomic E-state index is 12.8. The number of hydrogen-bond acceptors (Lipinski definition) is 6. The third-order valence-electron chi connectivity index (χ3n) is 12.5. The fourth-order valence-electron chi connectivity index (χ4n) is 8.08. The third kappa shape index (κ3) is 45.9. The summed E-state index contributed by atoms with van der Waals surface area (Å²) in [5.41, 5.74) is 0. The predicted octanol–water partition coefficient (Wildman–Crippen LogP) is 17.2. The van der Waals surface area contributed by atoms with E-state index in [1.54, 1.807) is 0 Å².